The Morgan fingerprint density at radius 1 is 1.20 bits per heavy atom. The first kappa shape index (κ1) is 14.8. The number of anilines is 2. The van der Waals surface area contributed by atoms with E-state index in [2.05, 4.69) is 45.1 Å². The van der Waals surface area contributed by atoms with Crippen molar-refractivity contribution in [1.82, 2.24) is 9.97 Å². The number of hydrogen-bond acceptors (Lipinski definition) is 4. The van der Waals surface area contributed by atoms with E-state index in [0.29, 0.717) is 0 Å². The molecule has 0 atom stereocenters. The molecule has 4 nitrogen and oxygen atoms in total. The van der Waals surface area contributed by atoms with Crippen molar-refractivity contribution in [3.05, 3.63) is 40.3 Å². The van der Waals surface area contributed by atoms with E-state index < -0.39 is 0 Å². The smallest absolute Gasteiger partial charge is 0.135 e. The molecule has 0 aliphatic heterocycles. The minimum Gasteiger partial charge on any atom is -0.496 e. The van der Waals surface area contributed by atoms with Gasteiger partial charge >= 0.3 is 0 Å². The van der Waals surface area contributed by atoms with Crippen molar-refractivity contribution in [3.8, 4) is 5.75 Å². The third-order valence-corrected chi connectivity index (χ3v) is 3.30. The Labute approximate surface area is 127 Å². The summed E-state index contributed by atoms with van der Waals surface area (Å²) >= 11 is 3.42. The number of benzene rings is 1. The van der Waals surface area contributed by atoms with Crippen LogP contribution in [0.15, 0.2) is 28.9 Å². The number of rotatable bonds is 4. The van der Waals surface area contributed by atoms with Crippen molar-refractivity contribution in [3.63, 3.8) is 0 Å². The Morgan fingerprint density at radius 3 is 2.55 bits per heavy atom. The van der Waals surface area contributed by atoms with Gasteiger partial charge in [0.2, 0.25) is 0 Å². The first-order valence-electron chi connectivity index (χ1n) is 6.45. The predicted octanol–water partition coefficient (Wildman–Crippen LogP) is 4.42. The maximum atomic E-state index is 5.26. The molecular weight excluding hydrogens is 318 g/mol. The minimum atomic E-state index is 0.283. The molecule has 1 N–H and O–H groups in total. The van der Waals surface area contributed by atoms with E-state index in [4.69, 9.17) is 4.74 Å². The molecule has 106 valence electrons. The molecule has 0 saturated carbocycles. The SMILES string of the molecule is COc1ccc(Nc2cc(Br)nc(C(C)C)n2)cc1C. The van der Waals surface area contributed by atoms with E-state index in [0.717, 1.165) is 33.2 Å². The highest BCUT2D eigenvalue weighted by Gasteiger charge is 2.07. The van der Waals surface area contributed by atoms with Crippen LogP contribution in [0.25, 0.3) is 0 Å². The van der Waals surface area contributed by atoms with Crippen LogP contribution in [0.5, 0.6) is 5.75 Å². The summed E-state index contributed by atoms with van der Waals surface area (Å²) in [7, 11) is 1.67. The summed E-state index contributed by atoms with van der Waals surface area (Å²) in [4.78, 5) is 8.88. The average Bonchev–Trinajstić information content (AvgIpc) is 2.38. The predicted molar refractivity (Wildman–Crippen MR) is 84.8 cm³/mol. The lowest BCUT2D eigenvalue weighted by molar-refractivity contribution is 0.412. The molecule has 0 fully saturated rings. The summed E-state index contributed by atoms with van der Waals surface area (Å²) < 4.78 is 6.04. The third kappa shape index (κ3) is 3.48. The molecule has 0 amide bonds. The second kappa shape index (κ2) is 6.22. The van der Waals surface area contributed by atoms with Gasteiger partial charge in [-0.25, -0.2) is 9.97 Å². The van der Waals surface area contributed by atoms with Gasteiger partial charge in [-0.05, 0) is 46.6 Å². The standard InChI is InChI=1S/C15H18BrN3O/c1-9(2)15-18-13(16)8-14(19-15)17-11-5-6-12(20-4)10(3)7-11/h5-9H,1-4H3,(H,17,18,19). The molecule has 0 spiro atoms. The highest BCUT2D eigenvalue weighted by molar-refractivity contribution is 9.10. The molecular formula is C15H18BrN3O. The third-order valence-electron chi connectivity index (χ3n) is 2.90. The highest BCUT2D eigenvalue weighted by atomic mass is 79.9. The van der Waals surface area contributed by atoms with Gasteiger partial charge in [-0.3, -0.25) is 0 Å². The lowest BCUT2D eigenvalue weighted by Crippen LogP contribution is -2.02. The fourth-order valence-electron chi connectivity index (χ4n) is 1.86. The number of aryl methyl sites for hydroxylation is 1. The van der Waals surface area contributed by atoms with Gasteiger partial charge in [-0.2, -0.15) is 0 Å². The van der Waals surface area contributed by atoms with Crippen LogP contribution in [-0.4, -0.2) is 17.1 Å². The zero-order valence-corrected chi connectivity index (χ0v) is 13.7. The second-order valence-corrected chi connectivity index (χ2v) is 5.71. The van der Waals surface area contributed by atoms with Crippen LogP contribution in [0.1, 0.15) is 31.2 Å². The van der Waals surface area contributed by atoms with Gasteiger partial charge in [0.05, 0.1) is 7.11 Å². The quantitative estimate of drug-likeness (QED) is 0.840. The fourth-order valence-corrected chi connectivity index (χ4v) is 2.26. The zero-order valence-electron chi connectivity index (χ0n) is 12.1. The van der Waals surface area contributed by atoms with E-state index in [1.807, 2.05) is 31.2 Å². The number of ether oxygens (including phenoxy) is 1. The molecule has 1 aromatic heterocycles. The molecule has 0 unspecified atom stereocenters. The summed E-state index contributed by atoms with van der Waals surface area (Å²) in [5.74, 6) is 2.75. The lowest BCUT2D eigenvalue weighted by Gasteiger charge is -2.11. The van der Waals surface area contributed by atoms with Crippen molar-refractivity contribution in [1.29, 1.82) is 0 Å². The summed E-state index contributed by atoms with van der Waals surface area (Å²) in [6.45, 7) is 6.16. The van der Waals surface area contributed by atoms with Gasteiger partial charge in [0, 0.05) is 17.7 Å². The zero-order chi connectivity index (χ0) is 14.7. The van der Waals surface area contributed by atoms with E-state index in [9.17, 15) is 0 Å². The lowest BCUT2D eigenvalue weighted by atomic mass is 10.2. The molecule has 0 radical (unpaired) electrons. The molecule has 1 heterocycles. The van der Waals surface area contributed by atoms with E-state index >= 15 is 0 Å². The number of nitrogens with zero attached hydrogens (tertiary/aromatic N) is 2. The summed E-state index contributed by atoms with van der Waals surface area (Å²) in [6.07, 6.45) is 0. The van der Waals surface area contributed by atoms with Crippen LogP contribution in [-0.2, 0) is 0 Å². The van der Waals surface area contributed by atoms with Crippen LogP contribution in [0.3, 0.4) is 0 Å². The second-order valence-electron chi connectivity index (χ2n) is 4.90. The first-order chi connectivity index (χ1) is 9.49. The summed E-state index contributed by atoms with van der Waals surface area (Å²) in [5.41, 5.74) is 2.05. The molecule has 20 heavy (non-hydrogen) atoms. The Morgan fingerprint density at radius 2 is 1.95 bits per heavy atom. The van der Waals surface area contributed by atoms with Crippen molar-refractivity contribution in [2.24, 2.45) is 0 Å². The number of hydrogen-bond donors (Lipinski definition) is 1. The summed E-state index contributed by atoms with van der Waals surface area (Å²) in [6, 6.07) is 7.81. The monoisotopic (exact) mass is 335 g/mol. The van der Waals surface area contributed by atoms with E-state index in [-0.39, 0.29) is 5.92 Å². The van der Waals surface area contributed by atoms with Crippen molar-refractivity contribution >= 4 is 27.4 Å². The first-order valence-corrected chi connectivity index (χ1v) is 7.25. The normalized spacial score (nSPS) is 10.7. The van der Waals surface area contributed by atoms with Gasteiger partial charge in [-0.1, -0.05) is 13.8 Å². The van der Waals surface area contributed by atoms with Crippen LogP contribution in [0.2, 0.25) is 0 Å². The van der Waals surface area contributed by atoms with Gasteiger partial charge in [-0.15, -0.1) is 0 Å². The minimum absolute atomic E-state index is 0.283. The number of methoxy groups -OCH3 is 1. The molecule has 1 aromatic carbocycles. The Hall–Kier alpha value is -1.62. The highest BCUT2D eigenvalue weighted by Crippen LogP contribution is 2.25. The van der Waals surface area contributed by atoms with E-state index in [1.54, 1.807) is 7.11 Å². The maximum Gasteiger partial charge on any atom is 0.135 e. The van der Waals surface area contributed by atoms with Gasteiger partial charge in [0.1, 0.15) is 22.0 Å². The molecule has 5 heteroatoms. The Kier molecular flexibility index (Phi) is 4.60. The number of nitrogens with one attached hydrogen (secondary N) is 1. The van der Waals surface area contributed by atoms with Crippen LogP contribution >= 0.6 is 15.9 Å². The number of aromatic nitrogens is 2. The fraction of sp³-hybridized carbons (Fsp3) is 0.333. The Bertz CT molecular complexity index is 614. The maximum absolute atomic E-state index is 5.26. The van der Waals surface area contributed by atoms with Crippen LogP contribution in [0, 0.1) is 6.92 Å². The average molecular weight is 336 g/mol. The Balaban J connectivity index is 2.27. The molecule has 2 aromatic rings. The molecule has 0 aliphatic carbocycles. The van der Waals surface area contributed by atoms with Crippen molar-refractivity contribution < 1.29 is 4.74 Å². The van der Waals surface area contributed by atoms with Crippen LogP contribution in [0.4, 0.5) is 11.5 Å². The topological polar surface area (TPSA) is 47.0 Å². The molecule has 0 aliphatic rings. The molecule has 0 saturated heterocycles. The van der Waals surface area contributed by atoms with Crippen molar-refractivity contribution in [2.75, 3.05) is 12.4 Å². The van der Waals surface area contributed by atoms with Gasteiger partial charge in [0.25, 0.3) is 0 Å². The van der Waals surface area contributed by atoms with Crippen LogP contribution < -0.4 is 10.1 Å². The largest absolute Gasteiger partial charge is 0.496 e. The summed E-state index contributed by atoms with van der Waals surface area (Å²) in [5, 5.41) is 3.30. The van der Waals surface area contributed by atoms with Gasteiger partial charge in [0.15, 0.2) is 0 Å². The van der Waals surface area contributed by atoms with Crippen molar-refractivity contribution in [2.45, 2.75) is 26.7 Å². The number of halogens is 1. The van der Waals surface area contributed by atoms with Gasteiger partial charge < -0.3 is 10.1 Å². The van der Waals surface area contributed by atoms with E-state index in [1.165, 1.54) is 0 Å². The molecule has 2 rings (SSSR count). The molecule has 0 bridgehead atoms.